The molecule has 0 unspecified atom stereocenters. The van der Waals surface area contributed by atoms with E-state index < -0.39 is 12.1 Å². The van der Waals surface area contributed by atoms with Gasteiger partial charge in [-0.05, 0) is 18.9 Å². The topological polar surface area (TPSA) is 20.3 Å². The maximum absolute atomic E-state index is 12.1. The van der Waals surface area contributed by atoms with Crippen molar-refractivity contribution in [2.75, 3.05) is 13.6 Å². The van der Waals surface area contributed by atoms with E-state index in [9.17, 15) is 18.0 Å². The van der Waals surface area contributed by atoms with Crippen LogP contribution in [0.25, 0.3) is 0 Å². The van der Waals surface area contributed by atoms with Crippen LogP contribution in [-0.4, -0.2) is 30.6 Å². The van der Waals surface area contributed by atoms with Gasteiger partial charge in [0, 0.05) is 13.6 Å². The molecule has 0 saturated heterocycles. The first-order chi connectivity index (χ1) is 7.80. The fourth-order valence-corrected chi connectivity index (χ4v) is 1.37. The predicted octanol–water partition coefficient (Wildman–Crippen LogP) is 2.56. The summed E-state index contributed by atoms with van der Waals surface area (Å²) in [5, 5.41) is 0. The second-order valence-electron chi connectivity index (χ2n) is 3.96. The summed E-state index contributed by atoms with van der Waals surface area (Å²) in [5.74, 6) is -1.80. The summed E-state index contributed by atoms with van der Waals surface area (Å²) in [4.78, 5) is 11.5. The smallest absolute Gasteiger partial charge is 0.338 e. The molecule has 0 heterocycles. The van der Waals surface area contributed by atoms with Gasteiger partial charge in [-0.15, -0.1) is 0 Å². The third-order valence-corrected chi connectivity index (χ3v) is 2.45. The number of benzene rings is 1. The lowest BCUT2D eigenvalue weighted by Crippen LogP contribution is -2.39. The summed E-state index contributed by atoms with van der Waals surface area (Å²) < 4.78 is 36.3. The van der Waals surface area contributed by atoms with Crippen molar-refractivity contribution in [1.29, 1.82) is 0 Å². The van der Waals surface area contributed by atoms with Crippen LogP contribution in [-0.2, 0) is 11.2 Å². The van der Waals surface area contributed by atoms with Crippen molar-refractivity contribution in [2.45, 2.75) is 19.5 Å². The van der Waals surface area contributed by atoms with Crippen LogP contribution in [0.5, 0.6) is 0 Å². The molecule has 17 heavy (non-hydrogen) atoms. The van der Waals surface area contributed by atoms with Crippen LogP contribution < -0.4 is 0 Å². The Bertz CT molecular complexity index is 384. The minimum Gasteiger partial charge on any atom is -0.338 e. The Morgan fingerprint density at radius 1 is 1.24 bits per heavy atom. The monoisotopic (exact) mass is 245 g/mol. The third kappa shape index (κ3) is 4.09. The average molecular weight is 245 g/mol. The van der Waals surface area contributed by atoms with E-state index in [0.29, 0.717) is 11.3 Å². The van der Waals surface area contributed by atoms with Gasteiger partial charge in [0.05, 0.1) is 0 Å². The zero-order chi connectivity index (χ0) is 13.1. The molecule has 0 N–H and O–H groups in total. The molecule has 0 aromatic heterocycles. The van der Waals surface area contributed by atoms with Crippen LogP contribution in [0.15, 0.2) is 24.3 Å². The van der Waals surface area contributed by atoms with E-state index >= 15 is 0 Å². The minimum atomic E-state index is -4.79. The quantitative estimate of drug-likeness (QED) is 0.801. The highest BCUT2D eigenvalue weighted by molar-refractivity contribution is 5.81. The number of likely N-dealkylation sites (N-methyl/N-ethyl adjacent to an activating group) is 1. The third-order valence-electron chi connectivity index (χ3n) is 2.45. The lowest BCUT2D eigenvalue weighted by Gasteiger charge is -2.18. The summed E-state index contributed by atoms with van der Waals surface area (Å²) in [6.45, 7) is 1.99. The first-order valence-corrected chi connectivity index (χ1v) is 5.18. The number of carbonyl (C=O) groups is 1. The van der Waals surface area contributed by atoms with Crippen molar-refractivity contribution in [1.82, 2.24) is 4.90 Å². The van der Waals surface area contributed by atoms with E-state index in [0.717, 1.165) is 18.2 Å². The second-order valence-corrected chi connectivity index (χ2v) is 3.96. The van der Waals surface area contributed by atoms with E-state index in [2.05, 4.69) is 0 Å². The van der Waals surface area contributed by atoms with Gasteiger partial charge in [-0.2, -0.15) is 13.2 Å². The SMILES string of the molecule is Cc1ccc(CCN(C)C(=O)C(F)(F)F)cc1. The fourth-order valence-electron chi connectivity index (χ4n) is 1.37. The molecule has 0 fully saturated rings. The molecular weight excluding hydrogens is 231 g/mol. The summed E-state index contributed by atoms with van der Waals surface area (Å²) >= 11 is 0. The van der Waals surface area contributed by atoms with Gasteiger partial charge in [0.15, 0.2) is 0 Å². The van der Waals surface area contributed by atoms with Gasteiger partial charge in [0.1, 0.15) is 0 Å². The summed E-state index contributed by atoms with van der Waals surface area (Å²) in [6, 6.07) is 7.48. The molecule has 2 nitrogen and oxygen atoms in total. The van der Waals surface area contributed by atoms with Gasteiger partial charge in [-0.3, -0.25) is 4.79 Å². The van der Waals surface area contributed by atoms with Gasteiger partial charge in [0.25, 0.3) is 0 Å². The molecule has 94 valence electrons. The highest BCUT2D eigenvalue weighted by Gasteiger charge is 2.40. The van der Waals surface area contributed by atoms with Crippen molar-refractivity contribution in [3.63, 3.8) is 0 Å². The lowest BCUT2D eigenvalue weighted by atomic mass is 10.1. The van der Waals surface area contributed by atoms with Crippen molar-refractivity contribution in [3.05, 3.63) is 35.4 Å². The van der Waals surface area contributed by atoms with Crippen molar-refractivity contribution in [2.24, 2.45) is 0 Å². The number of aryl methyl sites for hydroxylation is 1. The van der Waals surface area contributed by atoms with Gasteiger partial charge in [0.2, 0.25) is 0 Å². The predicted molar refractivity (Wildman–Crippen MR) is 58.6 cm³/mol. The molecule has 0 atom stereocenters. The second kappa shape index (κ2) is 5.21. The van der Waals surface area contributed by atoms with E-state index in [1.54, 1.807) is 0 Å². The Labute approximate surface area is 98.0 Å². The number of carbonyl (C=O) groups excluding carboxylic acids is 1. The maximum atomic E-state index is 12.1. The van der Waals surface area contributed by atoms with Gasteiger partial charge in [-0.1, -0.05) is 29.8 Å². The summed E-state index contributed by atoms with van der Waals surface area (Å²) in [6.07, 6.45) is -4.37. The van der Waals surface area contributed by atoms with E-state index in [4.69, 9.17) is 0 Å². The molecule has 0 aliphatic carbocycles. The molecular formula is C12H14F3NO. The summed E-state index contributed by atoms with van der Waals surface area (Å²) in [5.41, 5.74) is 2.01. The first kappa shape index (κ1) is 13.5. The number of amides is 1. The molecule has 0 saturated carbocycles. The highest BCUT2D eigenvalue weighted by Crippen LogP contribution is 2.17. The molecule has 1 rings (SSSR count). The van der Waals surface area contributed by atoms with E-state index in [1.807, 2.05) is 31.2 Å². The van der Waals surface area contributed by atoms with Crippen LogP contribution in [0.4, 0.5) is 13.2 Å². The number of nitrogens with zero attached hydrogens (tertiary/aromatic N) is 1. The minimum absolute atomic E-state index is 0.0569. The molecule has 0 aliphatic heterocycles. The Hall–Kier alpha value is -1.52. The van der Waals surface area contributed by atoms with Crippen molar-refractivity contribution >= 4 is 5.91 Å². The Morgan fingerprint density at radius 2 is 1.76 bits per heavy atom. The standard InChI is InChI=1S/C12H14F3NO/c1-9-3-5-10(6-4-9)7-8-16(2)11(17)12(13,14)15/h3-6H,7-8H2,1-2H3. The van der Waals surface area contributed by atoms with E-state index in [-0.39, 0.29) is 6.54 Å². The normalized spacial score (nSPS) is 11.4. The van der Waals surface area contributed by atoms with Crippen LogP contribution in [0.1, 0.15) is 11.1 Å². The number of hydrogen-bond donors (Lipinski definition) is 0. The van der Waals surface area contributed by atoms with Gasteiger partial charge >= 0.3 is 12.1 Å². The first-order valence-electron chi connectivity index (χ1n) is 5.18. The van der Waals surface area contributed by atoms with Gasteiger partial charge < -0.3 is 4.90 Å². The molecule has 0 aliphatic rings. The van der Waals surface area contributed by atoms with Gasteiger partial charge in [-0.25, -0.2) is 0 Å². The van der Waals surface area contributed by atoms with Crippen LogP contribution >= 0.6 is 0 Å². The lowest BCUT2D eigenvalue weighted by molar-refractivity contribution is -0.184. The molecule has 1 aromatic rings. The highest BCUT2D eigenvalue weighted by atomic mass is 19.4. The zero-order valence-corrected chi connectivity index (χ0v) is 9.71. The number of rotatable bonds is 3. The molecule has 5 heteroatoms. The molecule has 1 amide bonds. The largest absolute Gasteiger partial charge is 0.471 e. The number of halogens is 3. The van der Waals surface area contributed by atoms with Crippen LogP contribution in [0.3, 0.4) is 0 Å². The Morgan fingerprint density at radius 3 is 2.24 bits per heavy atom. The Kier molecular flexibility index (Phi) is 4.15. The van der Waals surface area contributed by atoms with Crippen LogP contribution in [0.2, 0.25) is 0 Å². The van der Waals surface area contributed by atoms with E-state index in [1.165, 1.54) is 0 Å². The average Bonchev–Trinajstić information content (AvgIpc) is 2.25. The van der Waals surface area contributed by atoms with Crippen molar-refractivity contribution in [3.8, 4) is 0 Å². The molecule has 1 aromatic carbocycles. The zero-order valence-electron chi connectivity index (χ0n) is 9.71. The van der Waals surface area contributed by atoms with Crippen LogP contribution in [0, 0.1) is 6.92 Å². The number of hydrogen-bond acceptors (Lipinski definition) is 1. The summed E-state index contributed by atoms with van der Waals surface area (Å²) in [7, 11) is 1.16. The number of alkyl halides is 3. The Balaban J connectivity index is 2.51. The molecule has 0 radical (unpaired) electrons. The van der Waals surface area contributed by atoms with Crippen molar-refractivity contribution < 1.29 is 18.0 Å². The molecule has 0 bridgehead atoms. The maximum Gasteiger partial charge on any atom is 0.471 e. The fraction of sp³-hybridized carbons (Fsp3) is 0.417. The molecule has 0 spiro atoms.